The van der Waals surface area contributed by atoms with E-state index in [0.29, 0.717) is 18.3 Å². The van der Waals surface area contributed by atoms with Gasteiger partial charge in [-0.3, -0.25) is 4.90 Å². The molecule has 0 bridgehead atoms. The molecule has 1 unspecified atom stereocenters. The average Bonchev–Trinajstić information content (AvgIpc) is 2.45. The summed E-state index contributed by atoms with van der Waals surface area (Å²) in [7, 11) is -0.821. The van der Waals surface area contributed by atoms with Crippen LogP contribution in [-0.4, -0.2) is 50.0 Å². The van der Waals surface area contributed by atoms with Crippen LogP contribution in [0.4, 0.5) is 0 Å². The summed E-state index contributed by atoms with van der Waals surface area (Å²) in [5, 5.41) is 0. The van der Waals surface area contributed by atoms with Crippen molar-refractivity contribution in [3.05, 3.63) is 0 Å². The molecule has 5 heteroatoms. The smallest absolute Gasteiger partial charge is 0.152 e. The minimum absolute atomic E-state index is 0.251. The van der Waals surface area contributed by atoms with Crippen molar-refractivity contribution in [1.82, 2.24) is 4.90 Å². The first-order valence-electron chi connectivity index (χ1n) is 8.06. The number of rotatable bonds is 4. The van der Waals surface area contributed by atoms with Crippen LogP contribution in [-0.2, 0) is 9.84 Å². The Labute approximate surface area is 124 Å². The van der Waals surface area contributed by atoms with E-state index in [1.165, 1.54) is 32.1 Å². The van der Waals surface area contributed by atoms with Crippen molar-refractivity contribution in [1.29, 1.82) is 0 Å². The zero-order valence-corrected chi connectivity index (χ0v) is 13.8. The lowest BCUT2D eigenvalue weighted by Gasteiger charge is -2.48. The molecule has 1 heterocycles. The molecular weight excluding hydrogens is 272 g/mol. The van der Waals surface area contributed by atoms with Gasteiger partial charge in [0.05, 0.1) is 11.5 Å². The van der Waals surface area contributed by atoms with E-state index in [2.05, 4.69) is 18.9 Å². The van der Waals surface area contributed by atoms with Crippen molar-refractivity contribution in [3.63, 3.8) is 0 Å². The Morgan fingerprint density at radius 1 is 1.25 bits per heavy atom. The lowest BCUT2D eigenvalue weighted by Crippen LogP contribution is -2.62. The maximum atomic E-state index is 12.0. The third-order valence-corrected chi connectivity index (χ3v) is 7.54. The third-order valence-electron chi connectivity index (χ3n) is 5.66. The Morgan fingerprint density at radius 3 is 2.40 bits per heavy atom. The summed E-state index contributed by atoms with van der Waals surface area (Å²) >= 11 is 0. The lowest BCUT2D eigenvalue weighted by atomic mass is 9.81. The summed E-state index contributed by atoms with van der Waals surface area (Å²) in [5.41, 5.74) is 5.70. The molecule has 0 amide bonds. The van der Waals surface area contributed by atoms with Gasteiger partial charge in [0.1, 0.15) is 0 Å². The summed E-state index contributed by atoms with van der Waals surface area (Å²) in [6.07, 6.45) is 7.89. The van der Waals surface area contributed by atoms with Gasteiger partial charge in [0.25, 0.3) is 0 Å². The predicted molar refractivity (Wildman–Crippen MR) is 83.5 cm³/mol. The molecule has 0 aromatic carbocycles. The molecule has 2 N–H and O–H groups in total. The van der Waals surface area contributed by atoms with Crippen molar-refractivity contribution in [2.75, 3.05) is 25.1 Å². The number of nitrogens with zero attached hydrogens (tertiary/aromatic N) is 1. The second-order valence-electron chi connectivity index (χ2n) is 6.82. The van der Waals surface area contributed by atoms with Gasteiger partial charge in [-0.05, 0) is 51.5 Å². The van der Waals surface area contributed by atoms with E-state index in [0.717, 1.165) is 18.8 Å². The number of hydrogen-bond donors (Lipinski definition) is 1. The monoisotopic (exact) mass is 302 g/mol. The fraction of sp³-hybridized carbons (Fsp3) is 1.00. The van der Waals surface area contributed by atoms with Crippen LogP contribution in [0.5, 0.6) is 0 Å². The third kappa shape index (κ3) is 3.37. The highest BCUT2D eigenvalue weighted by Crippen LogP contribution is 2.35. The predicted octanol–water partition coefficient (Wildman–Crippen LogP) is 1.79. The van der Waals surface area contributed by atoms with Gasteiger partial charge in [-0.25, -0.2) is 8.42 Å². The summed E-state index contributed by atoms with van der Waals surface area (Å²) in [5.74, 6) is 1.45. The lowest BCUT2D eigenvalue weighted by molar-refractivity contribution is 0.0536. The normalized spacial score (nSPS) is 38.0. The summed E-state index contributed by atoms with van der Waals surface area (Å²) in [6.45, 7) is 2.72. The molecule has 4 nitrogen and oxygen atoms in total. The Bertz CT molecular complexity index is 416. The van der Waals surface area contributed by atoms with Crippen molar-refractivity contribution in [3.8, 4) is 0 Å². The molecule has 0 aromatic rings. The van der Waals surface area contributed by atoms with E-state index in [9.17, 15) is 8.42 Å². The van der Waals surface area contributed by atoms with Gasteiger partial charge in [-0.2, -0.15) is 0 Å². The van der Waals surface area contributed by atoms with Crippen LogP contribution in [0.15, 0.2) is 0 Å². The van der Waals surface area contributed by atoms with Gasteiger partial charge < -0.3 is 5.73 Å². The van der Waals surface area contributed by atoms with Gasteiger partial charge in [0.15, 0.2) is 9.84 Å². The van der Waals surface area contributed by atoms with Gasteiger partial charge in [0.2, 0.25) is 0 Å². The zero-order valence-electron chi connectivity index (χ0n) is 13.0. The summed E-state index contributed by atoms with van der Waals surface area (Å²) in [4.78, 5) is 2.33. The largest absolute Gasteiger partial charge is 0.329 e. The van der Waals surface area contributed by atoms with Crippen LogP contribution in [0, 0.1) is 5.92 Å². The molecule has 0 aromatic heterocycles. The Morgan fingerprint density at radius 2 is 1.90 bits per heavy atom. The van der Waals surface area contributed by atoms with Gasteiger partial charge in [0, 0.05) is 18.1 Å². The Balaban J connectivity index is 2.07. The molecule has 2 aliphatic rings. The topological polar surface area (TPSA) is 63.4 Å². The fourth-order valence-electron chi connectivity index (χ4n) is 4.09. The maximum absolute atomic E-state index is 12.0. The first kappa shape index (κ1) is 16.2. The van der Waals surface area contributed by atoms with Crippen LogP contribution >= 0.6 is 0 Å². The molecule has 2 rings (SSSR count). The van der Waals surface area contributed by atoms with Crippen LogP contribution in [0.25, 0.3) is 0 Å². The van der Waals surface area contributed by atoms with Crippen LogP contribution in [0.1, 0.15) is 51.9 Å². The molecule has 0 spiro atoms. The molecule has 1 aliphatic carbocycles. The van der Waals surface area contributed by atoms with E-state index < -0.39 is 9.84 Å². The highest BCUT2D eigenvalue weighted by Gasteiger charge is 2.43. The molecule has 1 aliphatic heterocycles. The Kier molecular flexibility index (Phi) is 5.14. The van der Waals surface area contributed by atoms with E-state index in [1.807, 2.05) is 0 Å². The van der Waals surface area contributed by atoms with E-state index in [-0.39, 0.29) is 11.3 Å². The second-order valence-corrected chi connectivity index (χ2v) is 9.00. The molecule has 118 valence electrons. The number of nitrogens with two attached hydrogens (primary N) is 1. The highest BCUT2D eigenvalue weighted by molar-refractivity contribution is 7.91. The molecular formula is C15H30N2O2S. The molecule has 1 saturated carbocycles. The van der Waals surface area contributed by atoms with Crippen molar-refractivity contribution < 1.29 is 8.42 Å². The zero-order chi connectivity index (χ0) is 14.8. The van der Waals surface area contributed by atoms with Gasteiger partial charge in [-0.1, -0.05) is 13.3 Å². The maximum Gasteiger partial charge on any atom is 0.152 e. The highest BCUT2D eigenvalue weighted by atomic mass is 32.2. The molecule has 2 fully saturated rings. The Hall–Kier alpha value is -0.130. The average molecular weight is 302 g/mol. The first-order valence-corrected chi connectivity index (χ1v) is 9.88. The summed E-state index contributed by atoms with van der Waals surface area (Å²) in [6, 6.07) is 0.509. The number of likely N-dealkylation sites (N-methyl/N-ethyl adjacent to an activating group) is 1. The van der Waals surface area contributed by atoms with Crippen LogP contribution < -0.4 is 5.73 Å². The van der Waals surface area contributed by atoms with Crippen molar-refractivity contribution >= 4 is 9.84 Å². The second kappa shape index (κ2) is 6.32. The van der Waals surface area contributed by atoms with E-state index in [4.69, 9.17) is 5.73 Å². The first-order chi connectivity index (χ1) is 9.42. The molecule has 1 atom stereocenters. The quantitative estimate of drug-likeness (QED) is 0.860. The number of hydrogen-bond acceptors (Lipinski definition) is 4. The molecule has 0 radical (unpaired) electrons. The molecule has 1 saturated heterocycles. The van der Waals surface area contributed by atoms with Gasteiger partial charge in [-0.15, -0.1) is 0 Å². The van der Waals surface area contributed by atoms with Crippen LogP contribution in [0.2, 0.25) is 0 Å². The minimum Gasteiger partial charge on any atom is -0.329 e. The van der Waals surface area contributed by atoms with E-state index >= 15 is 0 Å². The standard InChI is InChI=1S/C15H30N2O2S/c1-3-13-5-7-14(8-6-13)17(2)15(11-16)9-4-10-20(18,19)12-15/h13-14H,3-12,16H2,1-2H3. The van der Waals surface area contributed by atoms with E-state index in [1.54, 1.807) is 0 Å². The fourth-order valence-corrected chi connectivity index (χ4v) is 6.10. The van der Waals surface area contributed by atoms with Gasteiger partial charge >= 0.3 is 0 Å². The molecule has 20 heavy (non-hydrogen) atoms. The van der Waals surface area contributed by atoms with Crippen molar-refractivity contribution in [2.24, 2.45) is 11.7 Å². The number of sulfone groups is 1. The summed E-state index contributed by atoms with van der Waals surface area (Å²) < 4.78 is 24.1. The van der Waals surface area contributed by atoms with Crippen molar-refractivity contribution in [2.45, 2.75) is 63.5 Å². The van der Waals surface area contributed by atoms with Crippen LogP contribution in [0.3, 0.4) is 0 Å². The SMILES string of the molecule is CCC1CCC(N(C)C2(CN)CCCS(=O)(=O)C2)CC1. The minimum atomic E-state index is -2.92.